The molecule has 0 N–H and O–H groups in total. The van der Waals surface area contributed by atoms with Crippen LogP contribution >= 0.6 is 0 Å². The summed E-state index contributed by atoms with van der Waals surface area (Å²) in [5.74, 6) is -3.38. The summed E-state index contributed by atoms with van der Waals surface area (Å²) >= 11 is 0. The lowest BCUT2D eigenvalue weighted by Gasteiger charge is -2.27. The first-order chi connectivity index (χ1) is 12.7. The van der Waals surface area contributed by atoms with E-state index >= 15 is 0 Å². The largest absolute Gasteiger partial charge is 0.466 e. The number of rotatable bonds is 7. The molecule has 0 rings (SSSR count). The van der Waals surface area contributed by atoms with Crippen molar-refractivity contribution in [3.8, 4) is 0 Å². The maximum Gasteiger partial charge on any atom is 0.338 e. The van der Waals surface area contributed by atoms with Crippen LogP contribution in [0.3, 0.4) is 0 Å². The topological polar surface area (TPSA) is 105 Å². The number of methoxy groups -OCH3 is 4. The Morgan fingerprint density at radius 3 is 0.821 bits per heavy atom. The van der Waals surface area contributed by atoms with Gasteiger partial charge in [-0.3, -0.25) is 0 Å². The SMILES string of the molecule is COC(=O)C(/C(C(=O)OC)=C(/C(=O)OC)[Si](C)(C)C)=C(\C(=O)OC)[Si](C)(C)C. The minimum absolute atomic E-state index is 0.0295. The van der Waals surface area contributed by atoms with Gasteiger partial charge in [-0.1, -0.05) is 39.3 Å². The third kappa shape index (κ3) is 5.89. The molecule has 0 heterocycles. The van der Waals surface area contributed by atoms with E-state index in [0.717, 1.165) is 14.2 Å². The fourth-order valence-corrected chi connectivity index (χ4v) is 6.02. The number of hydrogen-bond donors (Lipinski definition) is 0. The Hall–Kier alpha value is -2.21. The summed E-state index contributed by atoms with van der Waals surface area (Å²) in [6.07, 6.45) is 0. The molecule has 0 saturated heterocycles. The molecule has 28 heavy (non-hydrogen) atoms. The van der Waals surface area contributed by atoms with Crippen LogP contribution in [0.1, 0.15) is 0 Å². The molecule has 0 aromatic heterocycles. The van der Waals surface area contributed by atoms with Gasteiger partial charge in [-0.05, 0) is 0 Å². The summed E-state index contributed by atoms with van der Waals surface area (Å²) in [6.45, 7) is 10.9. The van der Waals surface area contributed by atoms with Crippen molar-refractivity contribution in [2.75, 3.05) is 28.4 Å². The highest BCUT2D eigenvalue weighted by Gasteiger charge is 2.42. The Kier molecular flexibility index (Phi) is 9.05. The van der Waals surface area contributed by atoms with Gasteiger partial charge in [0.1, 0.15) is 0 Å². The van der Waals surface area contributed by atoms with Gasteiger partial charge in [0.15, 0.2) is 0 Å². The Balaban J connectivity index is 7.83. The van der Waals surface area contributed by atoms with Crippen LogP contribution in [-0.2, 0) is 38.1 Å². The van der Waals surface area contributed by atoms with Crippen molar-refractivity contribution in [1.82, 2.24) is 0 Å². The second kappa shape index (κ2) is 9.83. The van der Waals surface area contributed by atoms with E-state index < -0.39 is 40.0 Å². The maximum absolute atomic E-state index is 12.8. The first kappa shape index (κ1) is 25.8. The zero-order chi connectivity index (χ0) is 22.4. The molecule has 0 spiro atoms. The average molecular weight is 431 g/mol. The standard InChI is InChI=1S/C18H30O8Si2/c1-23-15(19)11(13(17(21)25-3)27(5,6)7)12(16(20)24-2)14(18(22)26-4)28(8,9)10/h1-10H3/b13-11+,14-12+. The van der Waals surface area contributed by atoms with Crippen molar-refractivity contribution in [2.24, 2.45) is 0 Å². The predicted octanol–water partition coefficient (Wildman–Crippen LogP) is 2.03. The van der Waals surface area contributed by atoms with Gasteiger partial charge in [-0.25, -0.2) is 19.2 Å². The minimum atomic E-state index is -2.56. The normalized spacial score (nSPS) is 13.6. The van der Waals surface area contributed by atoms with E-state index in [9.17, 15) is 19.2 Å². The van der Waals surface area contributed by atoms with E-state index in [0.29, 0.717) is 0 Å². The van der Waals surface area contributed by atoms with Crippen molar-refractivity contribution in [1.29, 1.82) is 0 Å². The van der Waals surface area contributed by atoms with Gasteiger partial charge < -0.3 is 18.9 Å². The Bertz CT molecular complexity index is 659. The van der Waals surface area contributed by atoms with Gasteiger partial charge in [-0.15, -0.1) is 0 Å². The average Bonchev–Trinajstić information content (AvgIpc) is 2.59. The number of hydrogen-bond acceptors (Lipinski definition) is 8. The van der Waals surface area contributed by atoms with Crippen molar-refractivity contribution < 1.29 is 38.1 Å². The van der Waals surface area contributed by atoms with Crippen LogP contribution in [0.4, 0.5) is 0 Å². The third-order valence-corrected chi connectivity index (χ3v) is 7.72. The van der Waals surface area contributed by atoms with Gasteiger partial charge in [0, 0.05) is 10.4 Å². The van der Waals surface area contributed by atoms with Crippen molar-refractivity contribution in [2.45, 2.75) is 39.3 Å². The van der Waals surface area contributed by atoms with Gasteiger partial charge in [0.2, 0.25) is 0 Å². The third-order valence-electron chi connectivity index (χ3n) is 3.81. The molecule has 0 bridgehead atoms. The van der Waals surface area contributed by atoms with Crippen LogP contribution < -0.4 is 0 Å². The molecular weight excluding hydrogens is 400 g/mol. The molecule has 0 fully saturated rings. The summed E-state index contributed by atoms with van der Waals surface area (Å²) in [6, 6.07) is 0. The highest BCUT2D eigenvalue weighted by molar-refractivity contribution is 6.89. The number of carbonyl (C=O) groups is 4. The molecular formula is C18H30O8Si2. The zero-order valence-electron chi connectivity index (χ0n) is 18.3. The minimum Gasteiger partial charge on any atom is -0.466 e. The van der Waals surface area contributed by atoms with Gasteiger partial charge in [-0.2, -0.15) is 0 Å². The first-order valence-corrected chi connectivity index (χ1v) is 15.5. The summed E-state index contributed by atoms with van der Waals surface area (Å²) in [5, 5.41) is 0.0591. The monoisotopic (exact) mass is 430 g/mol. The summed E-state index contributed by atoms with van der Waals surface area (Å²) in [7, 11) is -0.503. The van der Waals surface area contributed by atoms with E-state index in [2.05, 4.69) is 0 Å². The van der Waals surface area contributed by atoms with E-state index in [1.165, 1.54) is 14.2 Å². The van der Waals surface area contributed by atoms with Crippen molar-refractivity contribution in [3.63, 3.8) is 0 Å². The van der Waals surface area contributed by atoms with Crippen LogP contribution in [-0.4, -0.2) is 68.5 Å². The number of carbonyl (C=O) groups excluding carboxylic acids is 4. The maximum atomic E-state index is 12.8. The number of ether oxygens (including phenoxy) is 4. The van der Waals surface area contributed by atoms with E-state index in [4.69, 9.17) is 18.9 Å². The van der Waals surface area contributed by atoms with Gasteiger partial charge in [0.05, 0.1) is 55.7 Å². The van der Waals surface area contributed by atoms with Gasteiger partial charge in [0.25, 0.3) is 0 Å². The van der Waals surface area contributed by atoms with E-state index in [1.54, 1.807) is 0 Å². The van der Waals surface area contributed by atoms with Gasteiger partial charge >= 0.3 is 23.9 Å². The summed E-state index contributed by atoms with van der Waals surface area (Å²) < 4.78 is 19.5. The molecule has 0 unspecified atom stereocenters. The molecule has 0 amide bonds. The summed E-state index contributed by atoms with van der Waals surface area (Å²) in [5.41, 5.74) is -0.605. The lowest BCUT2D eigenvalue weighted by Crippen LogP contribution is -2.39. The molecule has 158 valence electrons. The Morgan fingerprint density at radius 2 is 0.679 bits per heavy atom. The fourth-order valence-electron chi connectivity index (χ4n) is 2.63. The quantitative estimate of drug-likeness (QED) is 0.199. The van der Waals surface area contributed by atoms with E-state index in [1.807, 2.05) is 39.3 Å². The van der Waals surface area contributed by atoms with Crippen LogP contribution in [0.2, 0.25) is 39.3 Å². The Labute approximate surface area is 167 Å². The first-order valence-electron chi connectivity index (χ1n) is 8.52. The highest BCUT2D eigenvalue weighted by Crippen LogP contribution is 2.32. The second-order valence-electron chi connectivity index (χ2n) is 7.97. The zero-order valence-corrected chi connectivity index (χ0v) is 20.3. The fraction of sp³-hybridized carbons (Fsp3) is 0.556. The van der Waals surface area contributed by atoms with Crippen LogP contribution in [0.25, 0.3) is 0 Å². The second-order valence-corrected chi connectivity index (χ2v) is 18.0. The smallest absolute Gasteiger partial charge is 0.338 e. The van der Waals surface area contributed by atoms with Crippen molar-refractivity contribution in [3.05, 3.63) is 21.5 Å². The predicted molar refractivity (Wildman–Crippen MR) is 109 cm³/mol. The lowest BCUT2D eigenvalue weighted by atomic mass is 10.0. The molecule has 0 radical (unpaired) electrons. The number of esters is 4. The molecule has 0 aliphatic rings. The van der Waals surface area contributed by atoms with Crippen LogP contribution in [0.5, 0.6) is 0 Å². The molecule has 8 nitrogen and oxygen atoms in total. The molecule has 0 atom stereocenters. The molecule has 0 aliphatic heterocycles. The molecule has 0 aliphatic carbocycles. The molecule has 0 saturated carbocycles. The highest BCUT2D eigenvalue weighted by atomic mass is 28.3. The Morgan fingerprint density at radius 1 is 0.464 bits per heavy atom. The lowest BCUT2D eigenvalue weighted by molar-refractivity contribution is -0.141. The van der Waals surface area contributed by atoms with Crippen LogP contribution in [0, 0.1) is 0 Å². The van der Waals surface area contributed by atoms with Crippen LogP contribution in [0.15, 0.2) is 21.5 Å². The summed E-state index contributed by atoms with van der Waals surface area (Å²) in [4.78, 5) is 50.8. The van der Waals surface area contributed by atoms with Crippen molar-refractivity contribution >= 4 is 40.0 Å². The molecule has 0 aromatic rings. The molecule has 0 aromatic carbocycles. The van der Waals surface area contributed by atoms with E-state index in [-0.39, 0.29) is 21.5 Å². The molecule has 10 heteroatoms.